The lowest BCUT2D eigenvalue weighted by Gasteiger charge is -2.27. The van der Waals surface area contributed by atoms with Crippen LogP contribution in [-0.2, 0) is 13.0 Å². The molecule has 164 valence electrons. The van der Waals surface area contributed by atoms with Gasteiger partial charge in [0.1, 0.15) is 5.75 Å². The molecule has 0 spiro atoms. The second-order valence-electron chi connectivity index (χ2n) is 8.06. The number of urea groups is 1. The van der Waals surface area contributed by atoms with Gasteiger partial charge in [-0.15, -0.1) is 0 Å². The fourth-order valence-corrected chi connectivity index (χ4v) is 4.99. The van der Waals surface area contributed by atoms with Crippen LogP contribution in [0.25, 0.3) is 6.08 Å². The summed E-state index contributed by atoms with van der Waals surface area (Å²) < 4.78 is 6.00. The molecule has 0 radical (unpaired) electrons. The van der Waals surface area contributed by atoms with Crippen LogP contribution >= 0.6 is 11.3 Å². The summed E-state index contributed by atoms with van der Waals surface area (Å²) >= 11 is 1.58. The van der Waals surface area contributed by atoms with Crippen molar-refractivity contribution < 1.29 is 9.53 Å². The molecule has 1 unspecified atom stereocenters. The monoisotopic (exact) mass is 438 g/mol. The first-order valence-electron chi connectivity index (χ1n) is 10.9. The molecule has 1 N–H and O–H groups in total. The second kappa shape index (κ2) is 10.1. The van der Waals surface area contributed by atoms with E-state index in [2.05, 4.69) is 45.6 Å². The van der Waals surface area contributed by atoms with Gasteiger partial charge in [-0.05, 0) is 49.6 Å². The SMILES string of the molecule is CNC(=O)N(C)C1CCCN(Cc2ccc(Oc3nc4c(s3)C=CC=CC4)cc2)CC1. The van der Waals surface area contributed by atoms with Crippen molar-refractivity contribution in [2.24, 2.45) is 0 Å². The number of carbonyl (C=O) groups excluding carboxylic acids is 1. The Morgan fingerprint density at radius 3 is 2.90 bits per heavy atom. The van der Waals surface area contributed by atoms with Crippen LogP contribution < -0.4 is 10.1 Å². The number of rotatable bonds is 5. The van der Waals surface area contributed by atoms with E-state index in [1.54, 1.807) is 18.4 Å². The average molecular weight is 439 g/mol. The number of hydrogen-bond donors (Lipinski definition) is 1. The number of hydrogen-bond acceptors (Lipinski definition) is 5. The third-order valence-corrected chi connectivity index (χ3v) is 6.86. The lowest BCUT2D eigenvalue weighted by molar-refractivity contribution is 0.185. The predicted octanol–water partition coefficient (Wildman–Crippen LogP) is 4.69. The van der Waals surface area contributed by atoms with E-state index in [1.165, 1.54) is 5.56 Å². The van der Waals surface area contributed by atoms with Crippen molar-refractivity contribution in [3.8, 4) is 10.9 Å². The van der Waals surface area contributed by atoms with Crippen LogP contribution in [0.15, 0.2) is 42.5 Å². The Morgan fingerprint density at radius 2 is 2.10 bits per heavy atom. The van der Waals surface area contributed by atoms with Gasteiger partial charge in [0.2, 0.25) is 0 Å². The molecule has 1 atom stereocenters. The van der Waals surface area contributed by atoms with Crippen LogP contribution in [-0.4, -0.2) is 54.0 Å². The van der Waals surface area contributed by atoms with Gasteiger partial charge in [-0.1, -0.05) is 41.7 Å². The van der Waals surface area contributed by atoms with Gasteiger partial charge in [0.15, 0.2) is 0 Å². The Morgan fingerprint density at radius 1 is 1.26 bits per heavy atom. The molecule has 2 heterocycles. The maximum atomic E-state index is 11.9. The molecule has 1 aliphatic heterocycles. The maximum absolute atomic E-state index is 11.9. The van der Waals surface area contributed by atoms with Gasteiger partial charge >= 0.3 is 6.03 Å². The zero-order valence-corrected chi connectivity index (χ0v) is 19.0. The first-order valence-corrected chi connectivity index (χ1v) is 11.7. The highest BCUT2D eigenvalue weighted by Crippen LogP contribution is 2.32. The van der Waals surface area contributed by atoms with E-state index >= 15 is 0 Å². The number of ether oxygens (including phenoxy) is 1. The second-order valence-corrected chi connectivity index (χ2v) is 9.05. The van der Waals surface area contributed by atoms with E-state index < -0.39 is 0 Å². The molecule has 2 aromatic rings. The molecule has 31 heavy (non-hydrogen) atoms. The summed E-state index contributed by atoms with van der Waals surface area (Å²) in [6, 6.07) is 8.62. The van der Waals surface area contributed by atoms with Crippen LogP contribution in [0.2, 0.25) is 0 Å². The highest BCUT2D eigenvalue weighted by atomic mass is 32.1. The number of aromatic nitrogens is 1. The fraction of sp³-hybridized carbons (Fsp3) is 0.417. The smallest absolute Gasteiger partial charge is 0.317 e. The van der Waals surface area contributed by atoms with Crippen molar-refractivity contribution in [2.45, 2.75) is 38.3 Å². The largest absolute Gasteiger partial charge is 0.431 e. The molecular formula is C24H30N4O2S. The van der Waals surface area contributed by atoms with Crippen LogP contribution in [0.5, 0.6) is 10.9 Å². The topological polar surface area (TPSA) is 57.7 Å². The summed E-state index contributed by atoms with van der Waals surface area (Å²) in [7, 11) is 3.58. The van der Waals surface area contributed by atoms with Crippen molar-refractivity contribution in [3.05, 3.63) is 58.6 Å². The molecule has 2 amide bonds. The summed E-state index contributed by atoms with van der Waals surface area (Å²) in [5.41, 5.74) is 2.34. The third kappa shape index (κ3) is 5.54. The summed E-state index contributed by atoms with van der Waals surface area (Å²) in [5, 5.41) is 3.42. The molecule has 0 saturated carbocycles. The number of nitrogens with zero attached hydrogens (tertiary/aromatic N) is 3. The van der Waals surface area contributed by atoms with E-state index in [0.29, 0.717) is 11.2 Å². The first kappa shape index (κ1) is 21.6. The van der Waals surface area contributed by atoms with E-state index in [1.807, 2.05) is 30.2 Å². The van der Waals surface area contributed by atoms with E-state index in [-0.39, 0.29) is 6.03 Å². The summed E-state index contributed by atoms with van der Waals surface area (Å²) in [6.07, 6.45) is 12.3. The van der Waals surface area contributed by atoms with Gasteiger partial charge in [0.05, 0.1) is 10.6 Å². The van der Waals surface area contributed by atoms with Crippen molar-refractivity contribution in [1.29, 1.82) is 0 Å². The Hall–Kier alpha value is -2.64. The summed E-state index contributed by atoms with van der Waals surface area (Å²) in [5.74, 6) is 0.815. The molecular weight excluding hydrogens is 408 g/mol. The van der Waals surface area contributed by atoms with Gasteiger partial charge in [-0.2, -0.15) is 0 Å². The number of thiazole rings is 1. The van der Waals surface area contributed by atoms with E-state index in [0.717, 1.165) is 61.6 Å². The summed E-state index contributed by atoms with van der Waals surface area (Å²) in [6.45, 7) is 2.97. The molecule has 2 aliphatic rings. The number of amides is 2. The molecule has 7 heteroatoms. The number of carbonyl (C=O) groups is 1. The van der Waals surface area contributed by atoms with Gasteiger partial charge in [0, 0.05) is 39.6 Å². The Balaban J connectivity index is 1.31. The lowest BCUT2D eigenvalue weighted by Crippen LogP contribution is -2.42. The minimum Gasteiger partial charge on any atom is -0.431 e. The van der Waals surface area contributed by atoms with Gasteiger partial charge in [0.25, 0.3) is 5.19 Å². The first-order chi connectivity index (χ1) is 15.1. The number of nitrogens with one attached hydrogen (secondary N) is 1. The van der Waals surface area contributed by atoms with Gasteiger partial charge < -0.3 is 15.0 Å². The number of likely N-dealkylation sites (tertiary alicyclic amines) is 1. The normalized spacial score (nSPS) is 18.7. The van der Waals surface area contributed by atoms with Crippen molar-refractivity contribution in [2.75, 3.05) is 27.2 Å². The molecule has 0 bridgehead atoms. The van der Waals surface area contributed by atoms with Crippen LogP contribution in [0.3, 0.4) is 0 Å². The highest BCUT2D eigenvalue weighted by Gasteiger charge is 2.23. The van der Waals surface area contributed by atoms with Crippen molar-refractivity contribution in [1.82, 2.24) is 20.1 Å². The van der Waals surface area contributed by atoms with Gasteiger partial charge in [-0.25, -0.2) is 9.78 Å². The van der Waals surface area contributed by atoms with Gasteiger partial charge in [-0.3, -0.25) is 4.90 Å². The average Bonchev–Trinajstić information content (AvgIpc) is 2.93. The third-order valence-electron chi connectivity index (χ3n) is 5.92. The fourth-order valence-electron chi connectivity index (χ4n) is 4.11. The predicted molar refractivity (Wildman–Crippen MR) is 126 cm³/mol. The minimum absolute atomic E-state index is 0.00170. The van der Waals surface area contributed by atoms with Crippen molar-refractivity contribution >= 4 is 23.4 Å². The molecule has 6 nitrogen and oxygen atoms in total. The molecule has 1 aliphatic carbocycles. The quantitative estimate of drug-likeness (QED) is 0.736. The Kier molecular flexibility index (Phi) is 7.04. The maximum Gasteiger partial charge on any atom is 0.317 e. The molecule has 1 aromatic heterocycles. The lowest BCUT2D eigenvalue weighted by atomic mass is 10.1. The Bertz CT molecular complexity index is 951. The number of fused-ring (bicyclic) bond motifs is 1. The van der Waals surface area contributed by atoms with Crippen LogP contribution in [0.4, 0.5) is 4.79 Å². The van der Waals surface area contributed by atoms with Crippen LogP contribution in [0.1, 0.15) is 35.4 Å². The van der Waals surface area contributed by atoms with Crippen molar-refractivity contribution in [3.63, 3.8) is 0 Å². The molecule has 4 rings (SSSR count). The zero-order chi connectivity index (χ0) is 21.6. The standard InChI is InChI=1S/C24H30N4O2S/c1-25-23(29)27(2)19-7-6-15-28(16-14-19)17-18-10-12-20(13-11-18)30-24-26-21-8-4-3-5-9-22(21)31-24/h3-5,9-13,19H,6-8,14-17H2,1-2H3,(H,25,29). The van der Waals surface area contributed by atoms with Crippen LogP contribution in [0, 0.1) is 0 Å². The minimum atomic E-state index is -0.00170. The molecule has 1 aromatic carbocycles. The molecule has 1 fully saturated rings. The summed E-state index contributed by atoms with van der Waals surface area (Å²) in [4.78, 5) is 22.0. The molecule has 1 saturated heterocycles. The van der Waals surface area contributed by atoms with E-state index in [9.17, 15) is 4.79 Å². The zero-order valence-electron chi connectivity index (χ0n) is 18.2. The number of benzene rings is 1. The Labute approximate surface area is 188 Å². The number of allylic oxidation sites excluding steroid dienone is 3. The highest BCUT2D eigenvalue weighted by molar-refractivity contribution is 7.14. The van der Waals surface area contributed by atoms with E-state index in [4.69, 9.17) is 4.74 Å².